The largest absolute Gasteiger partial charge is 0.310 e. The van der Waals surface area contributed by atoms with Crippen LogP contribution in [0, 0.1) is 13.8 Å². The molecule has 14 aromatic carbocycles. The van der Waals surface area contributed by atoms with Gasteiger partial charge < -0.3 is 9.80 Å². The lowest BCUT2D eigenvalue weighted by Crippen LogP contribution is -2.28. The predicted octanol–water partition coefficient (Wildman–Crippen LogP) is 25.0. The minimum Gasteiger partial charge on any atom is -0.310 e. The summed E-state index contributed by atoms with van der Waals surface area (Å²) in [6.07, 6.45) is 12.4. The van der Waals surface area contributed by atoms with Gasteiger partial charge in [0.05, 0.1) is 22.2 Å². The van der Waals surface area contributed by atoms with Gasteiger partial charge in [-0.25, -0.2) is 0 Å². The average molecular weight is 1210 g/mol. The van der Waals surface area contributed by atoms with Crippen LogP contribution in [0.25, 0.3) is 54.6 Å². The molecule has 2 nitrogen and oxygen atoms in total. The molecular formula is C92H76N2. The fourth-order valence-electron chi connectivity index (χ4n) is 18.5. The lowest BCUT2D eigenvalue weighted by molar-refractivity contribution is 0.445. The molecular weight excluding hydrogens is 1130 g/mol. The molecule has 0 spiro atoms. The van der Waals surface area contributed by atoms with Crippen molar-refractivity contribution in [3.05, 3.63) is 358 Å². The molecule has 4 aliphatic rings. The van der Waals surface area contributed by atoms with Crippen molar-refractivity contribution in [1.29, 1.82) is 0 Å². The molecule has 4 aliphatic carbocycles. The average Bonchev–Trinajstić information content (AvgIpc) is 1.13. The number of hydrogen-bond acceptors (Lipinski definition) is 2. The number of fused-ring (bicyclic) bond motifs is 6. The molecule has 0 N–H and O–H groups in total. The molecule has 0 bridgehead atoms. The second-order valence-corrected chi connectivity index (χ2v) is 27.6. The van der Waals surface area contributed by atoms with Crippen molar-refractivity contribution in [3.8, 4) is 22.3 Å². The van der Waals surface area contributed by atoms with E-state index in [4.69, 9.17) is 0 Å². The standard InChI is InChI=1S/C92H76N2/c1-61-27-23-39-69(55-61)93(71-41-25-37-67(57-71)91(65-33-11-5-12-34-65)83-47-19-15-43-73(83)74-44-16-20-48-84(74)91)87-59-81(63-29-7-3-8-30-63)77-52-54-80-88(60-82(64-31-9-4-10-32-64)78-51-53-79(87)89(77)90(78)80)94(70-40-24-28-62(2)56-70)72-42-26-38-68(58-72)92(66-35-13-6-14-36-66)85-49-21-17-45-75(85)76-46-18-22-50-86(76)92/h5-6,11-28,33-60,63-64H,3-4,7-10,29-32H2,1-2H3. The van der Waals surface area contributed by atoms with Crippen molar-refractivity contribution in [1.82, 2.24) is 0 Å². The van der Waals surface area contributed by atoms with E-state index in [1.807, 2.05) is 0 Å². The zero-order chi connectivity index (χ0) is 62.5. The Bertz CT molecular complexity index is 4800. The second kappa shape index (κ2) is 22.8. The molecule has 454 valence electrons. The highest BCUT2D eigenvalue weighted by atomic mass is 15.2. The summed E-state index contributed by atoms with van der Waals surface area (Å²) in [5.74, 6) is 0.865. The minimum absolute atomic E-state index is 0.433. The second-order valence-electron chi connectivity index (χ2n) is 27.6. The Labute approximate surface area is 553 Å². The van der Waals surface area contributed by atoms with Crippen molar-refractivity contribution in [3.63, 3.8) is 0 Å². The van der Waals surface area contributed by atoms with E-state index in [0.717, 1.165) is 22.7 Å². The van der Waals surface area contributed by atoms with Crippen LogP contribution in [0.4, 0.5) is 34.1 Å². The molecule has 0 saturated heterocycles. The molecule has 18 rings (SSSR count). The van der Waals surface area contributed by atoms with Crippen LogP contribution in [0.1, 0.15) is 143 Å². The van der Waals surface area contributed by atoms with Gasteiger partial charge in [0.1, 0.15) is 0 Å². The molecule has 0 heterocycles. The summed E-state index contributed by atoms with van der Waals surface area (Å²) in [6, 6.07) is 113. The summed E-state index contributed by atoms with van der Waals surface area (Å²) in [4.78, 5) is 5.30. The molecule has 0 aliphatic heterocycles. The van der Waals surface area contributed by atoms with Gasteiger partial charge >= 0.3 is 0 Å². The summed E-state index contributed by atoms with van der Waals surface area (Å²) in [5, 5.41) is 8.16. The van der Waals surface area contributed by atoms with Gasteiger partial charge in [0.2, 0.25) is 0 Å². The maximum absolute atomic E-state index is 2.66. The first-order chi connectivity index (χ1) is 46.5. The van der Waals surface area contributed by atoms with E-state index in [2.05, 4.69) is 315 Å². The fraction of sp³-hybridized carbons (Fsp3) is 0.174. The van der Waals surface area contributed by atoms with Gasteiger partial charge in [0.25, 0.3) is 0 Å². The van der Waals surface area contributed by atoms with Crippen LogP contribution in [0.2, 0.25) is 0 Å². The van der Waals surface area contributed by atoms with Crippen molar-refractivity contribution in [2.24, 2.45) is 0 Å². The third kappa shape index (κ3) is 8.68. The Morgan fingerprint density at radius 3 is 0.936 bits per heavy atom. The zero-order valence-electron chi connectivity index (χ0n) is 53.8. The number of nitrogens with zero attached hydrogens (tertiary/aromatic N) is 2. The summed E-state index contributed by atoms with van der Waals surface area (Å²) < 4.78 is 0. The summed E-state index contributed by atoms with van der Waals surface area (Å²) in [6.45, 7) is 4.51. The number of anilines is 6. The first-order valence-corrected chi connectivity index (χ1v) is 34.7. The molecule has 0 unspecified atom stereocenters. The topological polar surface area (TPSA) is 6.48 Å². The van der Waals surface area contributed by atoms with E-state index >= 15 is 0 Å². The van der Waals surface area contributed by atoms with E-state index < -0.39 is 10.8 Å². The molecule has 0 aromatic heterocycles. The van der Waals surface area contributed by atoms with E-state index in [9.17, 15) is 0 Å². The van der Waals surface area contributed by atoms with Gasteiger partial charge in [0.15, 0.2) is 0 Å². The molecule has 0 radical (unpaired) electrons. The highest BCUT2D eigenvalue weighted by molar-refractivity contribution is 6.29. The summed E-state index contributed by atoms with van der Waals surface area (Å²) >= 11 is 0. The Morgan fingerprint density at radius 2 is 0.574 bits per heavy atom. The lowest BCUT2D eigenvalue weighted by atomic mass is 9.67. The van der Waals surface area contributed by atoms with Crippen LogP contribution < -0.4 is 9.80 Å². The van der Waals surface area contributed by atoms with Crippen LogP contribution in [0.5, 0.6) is 0 Å². The Kier molecular flexibility index (Phi) is 13.7. The van der Waals surface area contributed by atoms with Crippen molar-refractivity contribution in [2.75, 3.05) is 9.80 Å². The third-order valence-corrected chi connectivity index (χ3v) is 22.4. The highest BCUT2D eigenvalue weighted by Gasteiger charge is 2.48. The van der Waals surface area contributed by atoms with Gasteiger partial charge in [-0.3, -0.25) is 0 Å². The predicted molar refractivity (Wildman–Crippen MR) is 395 cm³/mol. The molecule has 0 amide bonds. The summed E-state index contributed by atoms with van der Waals surface area (Å²) in [5.41, 5.74) is 27.0. The molecule has 14 aromatic rings. The van der Waals surface area contributed by atoms with Gasteiger partial charge in [-0.15, -0.1) is 0 Å². The smallest absolute Gasteiger partial charge is 0.0714 e. The third-order valence-electron chi connectivity index (χ3n) is 22.4. The van der Waals surface area contributed by atoms with E-state index in [0.29, 0.717) is 11.8 Å². The van der Waals surface area contributed by atoms with Crippen LogP contribution >= 0.6 is 0 Å². The number of rotatable bonds is 12. The monoisotopic (exact) mass is 1210 g/mol. The SMILES string of the molecule is Cc1cccc(N(c2cccc(C3(c4ccccc4)c4ccccc4-c4ccccc43)c2)c2cc(C3CCCCC3)c3ccc4c(N(c5cccc(C)c5)c5cccc(C6(c7ccccc7)c7ccccc7-c7ccccc76)c5)cc(C5CCCCC5)c5ccc2c3c54)c1. The maximum atomic E-state index is 2.66. The lowest BCUT2D eigenvalue weighted by Gasteiger charge is -2.36. The van der Waals surface area contributed by atoms with Crippen LogP contribution in [0.15, 0.2) is 291 Å². The molecule has 2 fully saturated rings. The van der Waals surface area contributed by atoms with Crippen molar-refractivity contribution in [2.45, 2.75) is 101 Å². The Balaban J connectivity index is 0.918. The van der Waals surface area contributed by atoms with Crippen LogP contribution in [-0.2, 0) is 10.8 Å². The van der Waals surface area contributed by atoms with Gasteiger partial charge in [-0.2, -0.15) is 0 Å². The Hall–Kier alpha value is -10.3. The van der Waals surface area contributed by atoms with Crippen LogP contribution in [0.3, 0.4) is 0 Å². The summed E-state index contributed by atoms with van der Waals surface area (Å²) in [7, 11) is 0. The van der Waals surface area contributed by atoms with Crippen molar-refractivity contribution < 1.29 is 0 Å². The number of benzene rings is 14. The zero-order valence-corrected chi connectivity index (χ0v) is 53.8. The molecule has 2 saturated carbocycles. The van der Waals surface area contributed by atoms with E-state index in [1.54, 1.807) is 0 Å². The quantitative estimate of drug-likeness (QED) is 0.113. The minimum atomic E-state index is -0.554. The van der Waals surface area contributed by atoms with Gasteiger partial charge in [-0.1, -0.05) is 269 Å². The van der Waals surface area contributed by atoms with E-state index in [1.165, 1.54) is 197 Å². The normalized spacial score (nSPS) is 15.6. The Morgan fingerprint density at radius 1 is 0.266 bits per heavy atom. The fourth-order valence-corrected chi connectivity index (χ4v) is 18.5. The highest BCUT2D eigenvalue weighted by Crippen LogP contribution is 2.60. The number of hydrogen-bond donors (Lipinski definition) is 0. The van der Waals surface area contributed by atoms with Crippen molar-refractivity contribution >= 4 is 66.4 Å². The van der Waals surface area contributed by atoms with E-state index in [-0.39, 0.29) is 0 Å². The van der Waals surface area contributed by atoms with Crippen LogP contribution in [-0.4, -0.2) is 0 Å². The first kappa shape index (κ1) is 56.5. The molecule has 2 heteroatoms. The molecule has 94 heavy (non-hydrogen) atoms. The number of aryl methyl sites for hydroxylation is 2. The first-order valence-electron chi connectivity index (χ1n) is 34.7. The van der Waals surface area contributed by atoms with Gasteiger partial charge in [-0.05, 0) is 223 Å². The maximum Gasteiger partial charge on any atom is 0.0714 e. The molecule has 0 atom stereocenters. The van der Waals surface area contributed by atoms with Gasteiger partial charge in [0, 0.05) is 33.5 Å².